The van der Waals surface area contributed by atoms with Crippen LogP contribution in [-0.4, -0.2) is 58.0 Å². The molecule has 0 unspecified atom stereocenters. The average Bonchev–Trinajstić information content (AvgIpc) is 3.32. The number of hydrogen-bond donors (Lipinski definition) is 2. The molecule has 1 aliphatic carbocycles. The molecule has 4 heterocycles. The Morgan fingerprint density at radius 2 is 2.06 bits per heavy atom. The van der Waals surface area contributed by atoms with E-state index in [-0.39, 0.29) is 24.2 Å². The summed E-state index contributed by atoms with van der Waals surface area (Å²) in [6.07, 6.45) is 4.33. The first-order valence-electron chi connectivity index (χ1n) is 11.3. The minimum Gasteiger partial charge on any atom is -0.385 e. The molecule has 0 bridgehead atoms. The van der Waals surface area contributed by atoms with Gasteiger partial charge in [0, 0.05) is 43.0 Å². The van der Waals surface area contributed by atoms with Gasteiger partial charge in [0.1, 0.15) is 5.60 Å². The molecule has 2 fully saturated rings. The lowest BCUT2D eigenvalue weighted by Crippen LogP contribution is -2.60. The maximum absolute atomic E-state index is 11.9. The lowest BCUT2D eigenvalue weighted by molar-refractivity contribution is -0.176. The summed E-state index contributed by atoms with van der Waals surface area (Å²) >= 11 is 0. The summed E-state index contributed by atoms with van der Waals surface area (Å²) in [6, 6.07) is 14.4. The summed E-state index contributed by atoms with van der Waals surface area (Å²) in [5.74, 6) is 0.132. The summed E-state index contributed by atoms with van der Waals surface area (Å²) in [5.41, 5.74) is 3.91. The molecular formula is C25H29N3O3. The number of nitrogens with zero attached hydrogens (tertiary/aromatic N) is 2. The number of aliphatic hydroxyl groups is 1. The third-order valence-corrected chi connectivity index (χ3v) is 7.73. The summed E-state index contributed by atoms with van der Waals surface area (Å²) in [6.45, 7) is 2.03. The standard InChI is InChI=1S/C25H29N3O3/c1-30-23-13-16-12-22(20-8-4-5-10-26-20)31-15-25(16,29)24(23)28-11-9-18-17-6-2-3-7-19(17)27-21(18)14-28/h2-8,10,16,22-24,27,29H,9,11-15H2,1H3/t16-,22+,23-,24+,25+/m0/s1. The van der Waals surface area contributed by atoms with Crippen LogP contribution in [0.3, 0.4) is 0 Å². The van der Waals surface area contributed by atoms with Crippen molar-refractivity contribution in [3.63, 3.8) is 0 Å². The van der Waals surface area contributed by atoms with Gasteiger partial charge >= 0.3 is 0 Å². The minimum atomic E-state index is -0.907. The number of aromatic nitrogens is 2. The van der Waals surface area contributed by atoms with Crippen LogP contribution in [0, 0.1) is 5.92 Å². The zero-order valence-corrected chi connectivity index (χ0v) is 17.8. The molecule has 0 spiro atoms. The van der Waals surface area contributed by atoms with Gasteiger partial charge in [-0.2, -0.15) is 0 Å². The lowest BCUT2D eigenvalue weighted by Gasteiger charge is -2.46. The van der Waals surface area contributed by atoms with E-state index in [0.29, 0.717) is 6.61 Å². The van der Waals surface area contributed by atoms with Gasteiger partial charge in [0.25, 0.3) is 0 Å². The van der Waals surface area contributed by atoms with Crippen LogP contribution in [0.1, 0.15) is 35.9 Å². The first-order chi connectivity index (χ1) is 15.2. The second-order valence-corrected chi connectivity index (χ2v) is 9.28. The Balaban J connectivity index is 1.28. The molecule has 2 aliphatic heterocycles. The number of H-pyrrole nitrogens is 1. The Morgan fingerprint density at radius 3 is 2.90 bits per heavy atom. The largest absolute Gasteiger partial charge is 0.385 e. The maximum atomic E-state index is 11.9. The van der Waals surface area contributed by atoms with Gasteiger partial charge in [-0.05, 0) is 48.9 Å². The summed E-state index contributed by atoms with van der Waals surface area (Å²) in [7, 11) is 1.77. The van der Waals surface area contributed by atoms with Gasteiger partial charge in [-0.1, -0.05) is 24.3 Å². The SMILES string of the molecule is CO[C@H]1C[C@@H]2C[C@H](c3ccccn3)OC[C@]2(O)[C@@H]1N1CCc2c([nH]c3ccccc23)C1. The van der Waals surface area contributed by atoms with Gasteiger partial charge in [-0.25, -0.2) is 0 Å². The van der Waals surface area contributed by atoms with E-state index in [1.807, 2.05) is 18.2 Å². The zero-order chi connectivity index (χ0) is 21.0. The predicted molar refractivity (Wildman–Crippen MR) is 118 cm³/mol. The fourth-order valence-corrected chi connectivity index (χ4v) is 6.24. The van der Waals surface area contributed by atoms with Crippen molar-refractivity contribution in [2.45, 2.75) is 49.7 Å². The highest BCUT2D eigenvalue weighted by Gasteiger charge is 2.59. The van der Waals surface area contributed by atoms with Gasteiger partial charge in [-0.3, -0.25) is 9.88 Å². The first kappa shape index (κ1) is 19.4. The van der Waals surface area contributed by atoms with Crippen molar-refractivity contribution in [3.05, 3.63) is 65.6 Å². The molecule has 162 valence electrons. The van der Waals surface area contributed by atoms with Crippen LogP contribution in [0.4, 0.5) is 0 Å². The van der Waals surface area contributed by atoms with E-state index in [2.05, 4.69) is 39.1 Å². The van der Waals surface area contributed by atoms with E-state index in [9.17, 15) is 5.11 Å². The normalized spacial score (nSPS) is 33.4. The van der Waals surface area contributed by atoms with Crippen molar-refractivity contribution >= 4 is 10.9 Å². The number of para-hydroxylation sites is 1. The summed E-state index contributed by atoms with van der Waals surface area (Å²) in [4.78, 5) is 10.5. The highest BCUT2D eigenvalue weighted by molar-refractivity contribution is 5.84. The fraction of sp³-hybridized carbons (Fsp3) is 0.480. The topological polar surface area (TPSA) is 70.6 Å². The van der Waals surface area contributed by atoms with Crippen LogP contribution in [0.2, 0.25) is 0 Å². The lowest BCUT2D eigenvalue weighted by atomic mass is 9.81. The van der Waals surface area contributed by atoms with E-state index in [1.54, 1.807) is 13.3 Å². The third kappa shape index (κ3) is 3.04. The van der Waals surface area contributed by atoms with E-state index >= 15 is 0 Å². The monoisotopic (exact) mass is 419 g/mol. The number of rotatable bonds is 3. The Bertz CT molecular complexity index is 1080. The number of ether oxygens (including phenoxy) is 2. The Labute approximate surface area is 182 Å². The Hall–Kier alpha value is -2.25. The van der Waals surface area contributed by atoms with Crippen LogP contribution < -0.4 is 0 Å². The molecule has 2 N–H and O–H groups in total. The molecule has 5 atom stereocenters. The molecular weight excluding hydrogens is 390 g/mol. The van der Waals surface area contributed by atoms with Crippen LogP contribution in [-0.2, 0) is 22.4 Å². The second-order valence-electron chi connectivity index (χ2n) is 9.28. The van der Waals surface area contributed by atoms with Crippen molar-refractivity contribution < 1.29 is 14.6 Å². The van der Waals surface area contributed by atoms with Crippen molar-refractivity contribution in [1.29, 1.82) is 0 Å². The second kappa shape index (κ2) is 7.41. The predicted octanol–water partition coefficient (Wildman–Crippen LogP) is 3.22. The molecule has 1 saturated heterocycles. The van der Waals surface area contributed by atoms with E-state index in [4.69, 9.17) is 9.47 Å². The van der Waals surface area contributed by atoms with Gasteiger partial charge < -0.3 is 19.6 Å². The molecule has 0 radical (unpaired) electrons. The first-order valence-corrected chi connectivity index (χ1v) is 11.3. The Morgan fingerprint density at radius 1 is 1.19 bits per heavy atom. The third-order valence-electron chi connectivity index (χ3n) is 7.73. The molecule has 0 amide bonds. The van der Waals surface area contributed by atoms with Crippen LogP contribution in [0.25, 0.3) is 10.9 Å². The van der Waals surface area contributed by atoms with Crippen molar-refractivity contribution in [1.82, 2.24) is 14.9 Å². The summed E-state index contributed by atoms with van der Waals surface area (Å²) in [5, 5.41) is 13.2. The van der Waals surface area contributed by atoms with Crippen LogP contribution >= 0.6 is 0 Å². The average molecular weight is 420 g/mol. The number of hydrogen-bond acceptors (Lipinski definition) is 5. The number of pyridine rings is 1. The highest BCUT2D eigenvalue weighted by Crippen LogP contribution is 2.49. The summed E-state index contributed by atoms with van der Waals surface area (Å²) < 4.78 is 12.1. The molecule has 3 aromatic rings. The van der Waals surface area contributed by atoms with Gasteiger partial charge in [-0.15, -0.1) is 0 Å². The fourth-order valence-electron chi connectivity index (χ4n) is 6.24. The highest BCUT2D eigenvalue weighted by atomic mass is 16.5. The van der Waals surface area contributed by atoms with Crippen LogP contribution in [0.15, 0.2) is 48.7 Å². The molecule has 31 heavy (non-hydrogen) atoms. The van der Waals surface area contributed by atoms with Gasteiger partial charge in [0.05, 0.1) is 30.6 Å². The molecule has 6 rings (SSSR count). The molecule has 6 nitrogen and oxygen atoms in total. The van der Waals surface area contributed by atoms with E-state index in [1.165, 1.54) is 22.2 Å². The maximum Gasteiger partial charge on any atom is 0.109 e. The quantitative estimate of drug-likeness (QED) is 0.682. The Kier molecular flexibility index (Phi) is 4.65. The van der Waals surface area contributed by atoms with Crippen molar-refractivity contribution in [2.75, 3.05) is 20.3 Å². The molecule has 3 aliphatic rings. The number of aromatic amines is 1. The molecule has 6 heteroatoms. The number of methoxy groups -OCH3 is 1. The number of fused-ring (bicyclic) bond motifs is 4. The molecule has 1 aromatic carbocycles. The molecule has 1 saturated carbocycles. The van der Waals surface area contributed by atoms with Crippen LogP contribution in [0.5, 0.6) is 0 Å². The smallest absolute Gasteiger partial charge is 0.109 e. The van der Waals surface area contributed by atoms with Crippen molar-refractivity contribution in [3.8, 4) is 0 Å². The minimum absolute atomic E-state index is 0.00740. The number of benzene rings is 1. The number of nitrogens with one attached hydrogen (secondary N) is 1. The van der Waals surface area contributed by atoms with E-state index in [0.717, 1.165) is 38.0 Å². The molecule has 2 aromatic heterocycles. The van der Waals surface area contributed by atoms with Gasteiger partial charge in [0.2, 0.25) is 0 Å². The van der Waals surface area contributed by atoms with E-state index < -0.39 is 5.60 Å². The van der Waals surface area contributed by atoms with Gasteiger partial charge in [0.15, 0.2) is 0 Å². The zero-order valence-electron chi connectivity index (χ0n) is 17.8. The van der Waals surface area contributed by atoms with Crippen molar-refractivity contribution in [2.24, 2.45) is 5.92 Å².